The normalized spacial score (nSPS) is 26.7. The molecule has 0 bridgehead atoms. The van der Waals surface area contributed by atoms with Crippen LogP contribution in [0.4, 0.5) is 10.1 Å². The molecule has 1 saturated heterocycles. The number of hydrogen-bond donors (Lipinski definition) is 1. The molecule has 2 fully saturated rings. The van der Waals surface area contributed by atoms with Gasteiger partial charge < -0.3 is 10.2 Å². The molecule has 1 aliphatic carbocycles. The van der Waals surface area contributed by atoms with Gasteiger partial charge in [0, 0.05) is 18.8 Å². The highest BCUT2D eigenvalue weighted by Gasteiger charge is 2.49. The van der Waals surface area contributed by atoms with Gasteiger partial charge in [0.15, 0.2) is 0 Å². The fourth-order valence-corrected chi connectivity index (χ4v) is 3.37. The van der Waals surface area contributed by atoms with E-state index in [-0.39, 0.29) is 28.7 Å². The average Bonchev–Trinajstić information content (AvgIpc) is 3.31. The van der Waals surface area contributed by atoms with Crippen molar-refractivity contribution in [1.29, 1.82) is 0 Å². The first kappa shape index (κ1) is 16.2. The third kappa shape index (κ3) is 3.66. The summed E-state index contributed by atoms with van der Waals surface area (Å²) in [5, 5.41) is 2.67. The molecular formula is C17H20ClFN2O2. The van der Waals surface area contributed by atoms with E-state index >= 15 is 0 Å². The second-order valence-electron chi connectivity index (χ2n) is 6.60. The molecule has 23 heavy (non-hydrogen) atoms. The van der Waals surface area contributed by atoms with Gasteiger partial charge in [0.25, 0.3) is 0 Å². The first-order valence-electron chi connectivity index (χ1n) is 8.00. The summed E-state index contributed by atoms with van der Waals surface area (Å²) in [4.78, 5) is 26.6. The Morgan fingerprint density at radius 3 is 2.83 bits per heavy atom. The van der Waals surface area contributed by atoms with Crippen LogP contribution in [-0.4, -0.2) is 29.8 Å². The van der Waals surface area contributed by atoms with Crippen LogP contribution in [-0.2, 0) is 9.59 Å². The molecule has 1 aromatic carbocycles. The van der Waals surface area contributed by atoms with Gasteiger partial charge in [0.2, 0.25) is 11.8 Å². The van der Waals surface area contributed by atoms with Gasteiger partial charge in [0.1, 0.15) is 5.82 Å². The highest BCUT2D eigenvalue weighted by Crippen LogP contribution is 2.41. The number of carbonyl (C=O) groups is 2. The zero-order valence-corrected chi connectivity index (χ0v) is 13.8. The van der Waals surface area contributed by atoms with Crippen molar-refractivity contribution in [3.63, 3.8) is 0 Å². The van der Waals surface area contributed by atoms with Crippen molar-refractivity contribution >= 4 is 29.1 Å². The molecule has 1 heterocycles. The highest BCUT2D eigenvalue weighted by atomic mass is 35.5. The standard InChI is InChI=1S/C17H20ClFN2O2/c1-10-3-2-6-21(9-10)17(23)13-8-12(13)16(22)20-11-4-5-15(19)14(18)7-11/h4-5,7,10,12-13H,2-3,6,8-9H2,1H3,(H,20,22). The van der Waals surface area contributed by atoms with Gasteiger partial charge in [-0.25, -0.2) is 4.39 Å². The molecule has 0 aromatic heterocycles. The van der Waals surface area contributed by atoms with Crippen LogP contribution in [0.1, 0.15) is 26.2 Å². The second kappa shape index (κ2) is 6.48. The minimum Gasteiger partial charge on any atom is -0.342 e. The van der Waals surface area contributed by atoms with Gasteiger partial charge in [-0.05, 0) is 43.4 Å². The smallest absolute Gasteiger partial charge is 0.228 e. The van der Waals surface area contributed by atoms with Crippen molar-refractivity contribution in [3.8, 4) is 0 Å². The first-order chi connectivity index (χ1) is 11.0. The molecule has 2 aliphatic rings. The summed E-state index contributed by atoms with van der Waals surface area (Å²) in [6, 6.07) is 4.05. The quantitative estimate of drug-likeness (QED) is 0.919. The minimum atomic E-state index is -0.525. The Morgan fingerprint density at radius 1 is 1.35 bits per heavy atom. The molecule has 4 nitrogen and oxygen atoms in total. The monoisotopic (exact) mass is 338 g/mol. The van der Waals surface area contributed by atoms with Gasteiger partial charge in [-0.15, -0.1) is 0 Å². The Labute approximate surface area is 140 Å². The Hall–Kier alpha value is -1.62. The van der Waals surface area contributed by atoms with Gasteiger partial charge in [-0.2, -0.15) is 0 Å². The number of halogens is 2. The minimum absolute atomic E-state index is 0.0338. The summed E-state index contributed by atoms with van der Waals surface area (Å²) < 4.78 is 13.1. The molecular weight excluding hydrogens is 319 g/mol. The SMILES string of the molecule is CC1CCCN(C(=O)C2CC2C(=O)Nc2ccc(F)c(Cl)c2)C1. The van der Waals surface area contributed by atoms with Crippen LogP contribution >= 0.6 is 11.6 Å². The number of likely N-dealkylation sites (tertiary alicyclic amines) is 1. The van der Waals surface area contributed by atoms with E-state index in [1.54, 1.807) is 0 Å². The summed E-state index contributed by atoms with van der Waals surface area (Å²) >= 11 is 5.70. The lowest BCUT2D eigenvalue weighted by Gasteiger charge is -2.31. The number of nitrogens with one attached hydrogen (secondary N) is 1. The molecule has 1 saturated carbocycles. The van der Waals surface area contributed by atoms with Gasteiger partial charge >= 0.3 is 0 Å². The Morgan fingerprint density at radius 2 is 2.13 bits per heavy atom. The van der Waals surface area contributed by atoms with Crippen LogP contribution in [0, 0.1) is 23.6 Å². The molecule has 0 radical (unpaired) electrons. The molecule has 0 spiro atoms. The number of hydrogen-bond acceptors (Lipinski definition) is 2. The maximum atomic E-state index is 13.1. The van der Waals surface area contributed by atoms with Gasteiger partial charge in [-0.3, -0.25) is 9.59 Å². The zero-order valence-electron chi connectivity index (χ0n) is 13.0. The van der Waals surface area contributed by atoms with Crippen molar-refractivity contribution in [2.75, 3.05) is 18.4 Å². The Bertz CT molecular complexity index is 637. The molecule has 3 rings (SSSR count). The first-order valence-corrected chi connectivity index (χ1v) is 8.38. The second-order valence-corrected chi connectivity index (χ2v) is 7.01. The van der Waals surface area contributed by atoms with Crippen LogP contribution < -0.4 is 5.32 Å². The van der Waals surface area contributed by atoms with Crippen LogP contribution in [0.5, 0.6) is 0 Å². The van der Waals surface area contributed by atoms with E-state index in [0.717, 1.165) is 25.9 Å². The number of rotatable bonds is 3. The number of carbonyl (C=O) groups excluding carboxylic acids is 2. The third-order valence-corrected chi connectivity index (χ3v) is 4.89. The van der Waals surface area contributed by atoms with Gasteiger partial charge in [0.05, 0.1) is 16.9 Å². The van der Waals surface area contributed by atoms with Gasteiger partial charge in [-0.1, -0.05) is 18.5 Å². The molecule has 1 aromatic rings. The fourth-order valence-electron chi connectivity index (χ4n) is 3.19. The predicted molar refractivity (Wildman–Crippen MR) is 86.6 cm³/mol. The van der Waals surface area contributed by atoms with E-state index in [4.69, 9.17) is 11.6 Å². The number of anilines is 1. The molecule has 2 amide bonds. The maximum Gasteiger partial charge on any atom is 0.228 e. The molecule has 3 unspecified atom stereocenters. The Balaban J connectivity index is 1.56. The van der Waals surface area contributed by atoms with E-state index in [2.05, 4.69) is 12.2 Å². The van der Waals surface area contributed by atoms with E-state index in [1.165, 1.54) is 18.2 Å². The average molecular weight is 339 g/mol. The third-order valence-electron chi connectivity index (χ3n) is 4.60. The van der Waals surface area contributed by atoms with Crippen molar-refractivity contribution in [3.05, 3.63) is 29.0 Å². The number of benzene rings is 1. The number of nitrogens with zero attached hydrogens (tertiary/aromatic N) is 1. The molecule has 1 aliphatic heterocycles. The predicted octanol–water partition coefficient (Wildman–Crippen LogP) is 3.31. The van der Waals surface area contributed by atoms with E-state index in [1.807, 2.05) is 4.90 Å². The van der Waals surface area contributed by atoms with Crippen LogP contribution in [0.25, 0.3) is 0 Å². The molecule has 3 atom stereocenters. The largest absolute Gasteiger partial charge is 0.342 e. The van der Waals surface area contributed by atoms with Crippen LogP contribution in [0.2, 0.25) is 5.02 Å². The summed E-state index contributed by atoms with van der Waals surface area (Å²) in [7, 11) is 0. The van der Waals surface area contributed by atoms with E-state index in [9.17, 15) is 14.0 Å². The molecule has 1 N–H and O–H groups in total. The van der Waals surface area contributed by atoms with E-state index < -0.39 is 5.82 Å². The number of piperidine rings is 1. The topological polar surface area (TPSA) is 49.4 Å². The van der Waals surface area contributed by atoms with Crippen molar-refractivity contribution < 1.29 is 14.0 Å². The Kier molecular flexibility index (Phi) is 4.57. The molecule has 6 heteroatoms. The summed E-state index contributed by atoms with van der Waals surface area (Å²) in [6.45, 7) is 3.73. The lowest BCUT2D eigenvalue weighted by Crippen LogP contribution is -2.40. The summed E-state index contributed by atoms with van der Waals surface area (Å²) in [5.41, 5.74) is 0.450. The van der Waals surface area contributed by atoms with Crippen LogP contribution in [0.15, 0.2) is 18.2 Å². The molecule has 124 valence electrons. The van der Waals surface area contributed by atoms with Crippen molar-refractivity contribution in [2.45, 2.75) is 26.2 Å². The maximum absolute atomic E-state index is 13.1. The van der Waals surface area contributed by atoms with Crippen molar-refractivity contribution in [1.82, 2.24) is 4.90 Å². The summed E-state index contributed by atoms with van der Waals surface area (Å²) in [5.74, 6) is -0.604. The lowest BCUT2D eigenvalue weighted by molar-refractivity contribution is -0.135. The lowest BCUT2D eigenvalue weighted by atomic mass is 10.00. The number of amides is 2. The zero-order chi connectivity index (χ0) is 16.6. The van der Waals surface area contributed by atoms with Crippen molar-refractivity contribution in [2.24, 2.45) is 17.8 Å². The fraction of sp³-hybridized carbons (Fsp3) is 0.529. The summed E-state index contributed by atoms with van der Waals surface area (Å²) in [6.07, 6.45) is 2.78. The highest BCUT2D eigenvalue weighted by molar-refractivity contribution is 6.31. The van der Waals surface area contributed by atoms with E-state index in [0.29, 0.717) is 18.0 Å². The van der Waals surface area contributed by atoms with Crippen LogP contribution in [0.3, 0.4) is 0 Å².